The SMILES string of the molecule is Cc1csc(NC(=O)/C(C#N)=C\c2cc(C)n(-c3cccc(C(F)(F)F)c3)c2C)n1. The highest BCUT2D eigenvalue weighted by molar-refractivity contribution is 7.13. The van der Waals surface area contributed by atoms with Crippen molar-refractivity contribution in [1.29, 1.82) is 5.26 Å². The first-order valence-electron chi connectivity index (χ1n) is 8.82. The normalized spacial score (nSPS) is 12.0. The molecule has 0 atom stereocenters. The summed E-state index contributed by atoms with van der Waals surface area (Å²) in [6, 6.07) is 8.58. The van der Waals surface area contributed by atoms with Gasteiger partial charge in [-0.3, -0.25) is 10.1 Å². The molecule has 30 heavy (non-hydrogen) atoms. The number of aryl methyl sites for hydroxylation is 2. The van der Waals surface area contributed by atoms with Gasteiger partial charge < -0.3 is 4.57 Å². The van der Waals surface area contributed by atoms with E-state index in [-0.39, 0.29) is 5.57 Å². The highest BCUT2D eigenvalue weighted by atomic mass is 32.1. The fourth-order valence-corrected chi connectivity index (χ4v) is 3.72. The topological polar surface area (TPSA) is 70.7 Å². The Morgan fingerprint density at radius 2 is 2.00 bits per heavy atom. The lowest BCUT2D eigenvalue weighted by Crippen LogP contribution is -2.13. The predicted molar refractivity (Wildman–Crippen MR) is 109 cm³/mol. The maximum absolute atomic E-state index is 13.1. The number of alkyl halides is 3. The molecule has 0 radical (unpaired) electrons. The van der Waals surface area contributed by atoms with Gasteiger partial charge in [-0.05, 0) is 56.7 Å². The number of carbonyl (C=O) groups excluding carboxylic acids is 1. The Morgan fingerprint density at radius 3 is 2.60 bits per heavy atom. The average molecular weight is 430 g/mol. The molecule has 0 spiro atoms. The lowest BCUT2D eigenvalue weighted by Gasteiger charge is -2.13. The van der Waals surface area contributed by atoms with E-state index in [1.807, 2.05) is 6.07 Å². The van der Waals surface area contributed by atoms with Crippen molar-refractivity contribution < 1.29 is 18.0 Å². The van der Waals surface area contributed by atoms with Crippen LogP contribution in [0.3, 0.4) is 0 Å². The second kappa shape index (κ2) is 8.16. The molecule has 1 amide bonds. The van der Waals surface area contributed by atoms with Crippen molar-refractivity contribution in [1.82, 2.24) is 9.55 Å². The number of benzene rings is 1. The van der Waals surface area contributed by atoms with Gasteiger partial charge in [-0.1, -0.05) is 6.07 Å². The fourth-order valence-electron chi connectivity index (χ4n) is 3.03. The first-order valence-corrected chi connectivity index (χ1v) is 9.70. The number of nitriles is 1. The van der Waals surface area contributed by atoms with Crippen molar-refractivity contribution >= 4 is 28.5 Å². The van der Waals surface area contributed by atoms with E-state index in [1.165, 1.54) is 23.5 Å². The number of aromatic nitrogens is 2. The smallest absolute Gasteiger partial charge is 0.318 e. The molecule has 0 aliphatic carbocycles. The van der Waals surface area contributed by atoms with Gasteiger partial charge in [-0.25, -0.2) is 4.98 Å². The minimum Gasteiger partial charge on any atom is -0.318 e. The molecule has 0 bridgehead atoms. The molecule has 2 heterocycles. The number of halogens is 3. The Kier molecular flexibility index (Phi) is 5.80. The van der Waals surface area contributed by atoms with Gasteiger partial charge in [0, 0.05) is 22.5 Å². The van der Waals surface area contributed by atoms with Crippen LogP contribution in [0.1, 0.15) is 28.2 Å². The van der Waals surface area contributed by atoms with Gasteiger partial charge in [-0.2, -0.15) is 18.4 Å². The number of hydrogen-bond donors (Lipinski definition) is 1. The fraction of sp³-hybridized carbons (Fsp3) is 0.190. The zero-order chi connectivity index (χ0) is 22.1. The Morgan fingerprint density at radius 1 is 1.27 bits per heavy atom. The minimum absolute atomic E-state index is 0.132. The van der Waals surface area contributed by atoms with Gasteiger partial charge in [0.15, 0.2) is 5.13 Å². The van der Waals surface area contributed by atoms with Gasteiger partial charge in [0.05, 0.1) is 11.3 Å². The maximum Gasteiger partial charge on any atom is 0.416 e. The molecule has 9 heteroatoms. The summed E-state index contributed by atoms with van der Waals surface area (Å²) in [5.41, 5.74) is 2.06. The van der Waals surface area contributed by atoms with Crippen molar-refractivity contribution in [3.05, 3.63) is 69.5 Å². The maximum atomic E-state index is 13.1. The van der Waals surface area contributed by atoms with Crippen LogP contribution in [0.25, 0.3) is 11.8 Å². The van der Waals surface area contributed by atoms with Crippen molar-refractivity contribution in [3.63, 3.8) is 0 Å². The third-order valence-electron chi connectivity index (χ3n) is 4.41. The standard InChI is InChI=1S/C21H17F3N4OS/c1-12-11-30-20(26-12)27-19(29)16(10-25)8-15-7-13(2)28(14(15)3)18-6-4-5-17(9-18)21(22,23)24/h4-9,11H,1-3H3,(H,26,27,29)/b16-8-. The highest BCUT2D eigenvalue weighted by Gasteiger charge is 2.30. The monoisotopic (exact) mass is 430 g/mol. The van der Waals surface area contributed by atoms with Crippen LogP contribution >= 0.6 is 11.3 Å². The summed E-state index contributed by atoms with van der Waals surface area (Å²) in [6.07, 6.45) is -3.03. The van der Waals surface area contributed by atoms with Crippen LogP contribution in [-0.4, -0.2) is 15.5 Å². The molecule has 0 unspecified atom stereocenters. The molecule has 0 saturated carbocycles. The molecule has 154 valence electrons. The van der Waals surface area contributed by atoms with Crippen LogP contribution in [0.2, 0.25) is 0 Å². The van der Waals surface area contributed by atoms with Crippen LogP contribution < -0.4 is 5.32 Å². The number of hydrogen-bond acceptors (Lipinski definition) is 4. The van der Waals surface area contributed by atoms with Crippen LogP contribution in [0.5, 0.6) is 0 Å². The van der Waals surface area contributed by atoms with Gasteiger partial charge in [0.2, 0.25) is 0 Å². The lowest BCUT2D eigenvalue weighted by molar-refractivity contribution is -0.137. The number of thiazole rings is 1. The van der Waals surface area contributed by atoms with Crippen molar-refractivity contribution in [2.24, 2.45) is 0 Å². The van der Waals surface area contributed by atoms with Crippen molar-refractivity contribution in [2.45, 2.75) is 26.9 Å². The summed E-state index contributed by atoms with van der Waals surface area (Å²) in [7, 11) is 0. The Labute approximate surface area is 175 Å². The molecule has 1 aromatic carbocycles. The minimum atomic E-state index is -4.45. The molecule has 1 N–H and O–H groups in total. The summed E-state index contributed by atoms with van der Waals surface area (Å²) < 4.78 is 40.9. The molecule has 0 aliphatic heterocycles. The average Bonchev–Trinajstić information content (AvgIpc) is 3.21. The summed E-state index contributed by atoms with van der Waals surface area (Å²) >= 11 is 1.25. The number of nitrogens with one attached hydrogen (secondary N) is 1. The van der Waals surface area contributed by atoms with Gasteiger partial charge in [-0.15, -0.1) is 11.3 Å². The van der Waals surface area contributed by atoms with E-state index in [1.54, 1.807) is 42.9 Å². The second-order valence-corrected chi connectivity index (χ2v) is 7.49. The third kappa shape index (κ3) is 4.44. The molecule has 0 aliphatic rings. The quantitative estimate of drug-likeness (QED) is 0.444. The number of anilines is 1. The Hall–Kier alpha value is -3.38. The summed E-state index contributed by atoms with van der Waals surface area (Å²) in [4.78, 5) is 16.6. The molecule has 3 aromatic rings. The number of nitrogens with zero attached hydrogens (tertiary/aromatic N) is 3. The highest BCUT2D eigenvalue weighted by Crippen LogP contribution is 2.31. The predicted octanol–water partition coefficient (Wildman–Crippen LogP) is 5.42. The number of rotatable bonds is 4. The molecular formula is C21H17F3N4OS. The van der Waals surface area contributed by atoms with E-state index >= 15 is 0 Å². The van der Waals surface area contributed by atoms with Gasteiger partial charge >= 0.3 is 6.18 Å². The van der Waals surface area contributed by atoms with Crippen LogP contribution in [0.4, 0.5) is 18.3 Å². The summed E-state index contributed by atoms with van der Waals surface area (Å²) in [6.45, 7) is 5.25. The van der Waals surface area contributed by atoms with E-state index in [4.69, 9.17) is 0 Å². The summed E-state index contributed by atoms with van der Waals surface area (Å²) in [5, 5.41) is 14.2. The van der Waals surface area contributed by atoms with Crippen LogP contribution in [0, 0.1) is 32.1 Å². The zero-order valence-electron chi connectivity index (χ0n) is 16.3. The van der Waals surface area contributed by atoms with Crippen molar-refractivity contribution in [3.8, 4) is 11.8 Å². The second-order valence-electron chi connectivity index (χ2n) is 6.63. The van der Waals surface area contributed by atoms with Gasteiger partial charge in [0.1, 0.15) is 11.6 Å². The van der Waals surface area contributed by atoms with E-state index in [2.05, 4.69) is 10.3 Å². The van der Waals surface area contributed by atoms with Crippen LogP contribution in [0.15, 0.2) is 41.3 Å². The Balaban J connectivity index is 1.96. The molecule has 5 nitrogen and oxygen atoms in total. The van der Waals surface area contributed by atoms with E-state index in [0.717, 1.165) is 17.8 Å². The number of carbonyl (C=O) groups is 1. The van der Waals surface area contributed by atoms with E-state index < -0.39 is 17.6 Å². The third-order valence-corrected chi connectivity index (χ3v) is 5.28. The summed E-state index contributed by atoms with van der Waals surface area (Å²) in [5.74, 6) is -0.601. The van der Waals surface area contributed by atoms with E-state index in [0.29, 0.717) is 27.8 Å². The molecule has 0 saturated heterocycles. The first-order chi connectivity index (χ1) is 14.1. The van der Waals surface area contributed by atoms with Gasteiger partial charge in [0.25, 0.3) is 5.91 Å². The Bertz CT molecular complexity index is 1180. The molecule has 0 fully saturated rings. The van der Waals surface area contributed by atoms with E-state index in [9.17, 15) is 23.2 Å². The lowest BCUT2D eigenvalue weighted by atomic mass is 10.1. The molecule has 3 rings (SSSR count). The molecular weight excluding hydrogens is 413 g/mol. The number of amides is 1. The zero-order valence-corrected chi connectivity index (χ0v) is 17.1. The first kappa shape index (κ1) is 21.3. The van der Waals surface area contributed by atoms with Crippen LogP contribution in [-0.2, 0) is 11.0 Å². The van der Waals surface area contributed by atoms with Crippen molar-refractivity contribution in [2.75, 3.05) is 5.32 Å². The molecule has 2 aromatic heterocycles. The largest absolute Gasteiger partial charge is 0.416 e.